The molecule has 0 amide bonds. The van der Waals surface area contributed by atoms with Gasteiger partial charge in [-0.15, -0.1) is 0 Å². The van der Waals surface area contributed by atoms with E-state index in [1.165, 1.54) is 32.2 Å². The number of hydrogen-bond acceptors (Lipinski definition) is 1. The molecule has 18 heavy (non-hydrogen) atoms. The van der Waals surface area contributed by atoms with E-state index in [2.05, 4.69) is 50.1 Å². The fraction of sp³-hybridized carbons (Fsp3) is 0.647. The molecule has 0 aromatic heterocycles. The highest BCUT2D eigenvalue weighted by Crippen LogP contribution is 2.50. The lowest BCUT2D eigenvalue weighted by Gasteiger charge is -2.55. The van der Waals surface area contributed by atoms with Crippen LogP contribution in [0.2, 0.25) is 0 Å². The van der Waals surface area contributed by atoms with Crippen LogP contribution < -0.4 is 0 Å². The van der Waals surface area contributed by atoms with Gasteiger partial charge < -0.3 is 4.90 Å². The standard InChI is InChI=1S/C17H25N/c1-4-9-17-10-11-18(3)16(13(17)2)12-14-7-5-6-8-15(14)17/h5-8,13,16H,4,9-12H2,1-3H3/t13-,16?,17-/m0/s1. The third-order valence-corrected chi connectivity index (χ3v) is 5.60. The van der Waals surface area contributed by atoms with Gasteiger partial charge >= 0.3 is 0 Å². The molecule has 3 rings (SSSR count). The van der Waals surface area contributed by atoms with Crippen molar-refractivity contribution in [1.29, 1.82) is 0 Å². The minimum Gasteiger partial charge on any atom is -0.303 e. The van der Waals surface area contributed by atoms with Gasteiger partial charge in [-0.2, -0.15) is 0 Å². The molecule has 1 saturated heterocycles. The highest BCUT2D eigenvalue weighted by atomic mass is 15.1. The Labute approximate surface area is 111 Å². The number of hydrogen-bond donors (Lipinski definition) is 0. The van der Waals surface area contributed by atoms with E-state index in [-0.39, 0.29) is 0 Å². The minimum atomic E-state index is 0.459. The average molecular weight is 243 g/mol. The zero-order valence-electron chi connectivity index (χ0n) is 11.9. The first-order chi connectivity index (χ1) is 8.69. The van der Waals surface area contributed by atoms with Crippen LogP contribution in [-0.4, -0.2) is 24.5 Å². The molecule has 0 saturated carbocycles. The van der Waals surface area contributed by atoms with E-state index in [1.54, 1.807) is 11.1 Å². The summed E-state index contributed by atoms with van der Waals surface area (Å²) in [4.78, 5) is 2.59. The molecule has 1 aliphatic carbocycles. The van der Waals surface area contributed by atoms with Crippen molar-refractivity contribution in [1.82, 2.24) is 4.90 Å². The van der Waals surface area contributed by atoms with Crippen molar-refractivity contribution >= 4 is 0 Å². The Kier molecular flexibility index (Phi) is 2.97. The maximum Gasteiger partial charge on any atom is 0.0167 e. The lowest BCUT2D eigenvalue weighted by Crippen LogP contribution is -2.57. The molecule has 0 N–H and O–H groups in total. The van der Waals surface area contributed by atoms with Crippen molar-refractivity contribution in [2.45, 2.75) is 51.0 Å². The first-order valence-corrected chi connectivity index (χ1v) is 7.47. The minimum absolute atomic E-state index is 0.459. The molecule has 1 unspecified atom stereocenters. The summed E-state index contributed by atoms with van der Waals surface area (Å²) < 4.78 is 0. The maximum absolute atomic E-state index is 2.59. The molecule has 0 radical (unpaired) electrons. The third kappa shape index (κ3) is 1.56. The number of nitrogens with zero attached hydrogens (tertiary/aromatic N) is 1. The van der Waals surface area contributed by atoms with Gasteiger partial charge in [-0.1, -0.05) is 44.5 Å². The van der Waals surface area contributed by atoms with Gasteiger partial charge in [0.05, 0.1) is 0 Å². The van der Waals surface area contributed by atoms with Gasteiger partial charge in [-0.05, 0) is 49.9 Å². The van der Waals surface area contributed by atoms with Crippen LogP contribution in [0, 0.1) is 5.92 Å². The predicted molar refractivity (Wildman–Crippen MR) is 76.9 cm³/mol. The molecular formula is C17H25N. The molecule has 2 bridgehead atoms. The highest BCUT2D eigenvalue weighted by Gasteiger charge is 2.49. The van der Waals surface area contributed by atoms with E-state index in [1.807, 2.05) is 0 Å². The molecule has 1 aliphatic heterocycles. The third-order valence-electron chi connectivity index (χ3n) is 5.60. The summed E-state index contributed by atoms with van der Waals surface area (Å²) in [5.74, 6) is 0.797. The SMILES string of the molecule is CCC[C@@]12CCN(C)C(Cc3ccccc31)[C@@H]2C. The van der Waals surface area contributed by atoms with Crippen molar-refractivity contribution in [3.63, 3.8) is 0 Å². The second kappa shape index (κ2) is 4.38. The molecule has 2 aliphatic rings. The smallest absolute Gasteiger partial charge is 0.0167 e. The van der Waals surface area contributed by atoms with Crippen molar-refractivity contribution in [3.8, 4) is 0 Å². The molecule has 3 atom stereocenters. The van der Waals surface area contributed by atoms with E-state index in [0.717, 1.165) is 12.0 Å². The summed E-state index contributed by atoms with van der Waals surface area (Å²) in [7, 11) is 2.31. The summed E-state index contributed by atoms with van der Waals surface area (Å²) in [6, 6.07) is 9.97. The van der Waals surface area contributed by atoms with Gasteiger partial charge in [0, 0.05) is 11.5 Å². The molecule has 0 spiro atoms. The molecule has 1 fully saturated rings. The Balaban J connectivity index is 2.13. The van der Waals surface area contributed by atoms with Crippen LogP contribution in [0.15, 0.2) is 24.3 Å². The number of likely N-dealkylation sites (N-methyl/N-ethyl adjacent to an activating group) is 1. The van der Waals surface area contributed by atoms with Crippen LogP contribution in [0.25, 0.3) is 0 Å². The molecular weight excluding hydrogens is 218 g/mol. The van der Waals surface area contributed by atoms with Gasteiger partial charge in [0.15, 0.2) is 0 Å². The maximum atomic E-state index is 2.59. The first-order valence-electron chi connectivity index (χ1n) is 7.47. The fourth-order valence-electron chi connectivity index (χ4n) is 4.57. The van der Waals surface area contributed by atoms with Gasteiger partial charge in [0.1, 0.15) is 0 Å². The van der Waals surface area contributed by atoms with Crippen LogP contribution in [0.5, 0.6) is 0 Å². The first kappa shape index (κ1) is 12.2. The van der Waals surface area contributed by atoms with Gasteiger partial charge in [-0.25, -0.2) is 0 Å². The quantitative estimate of drug-likeness (QED) is 0.767. The van der Waals surface area contributed by atoms with Crippen LogP contribution in [0.3, 0.4) is 0 Å². The molecule has 1 aromatic rings. The Morgan fingerprint density at radius 3 is 2.89 bits per heavy atom. The monoisotopic (exact) mass is 243 g/mol. The number of likely N-dealkylation sites (tertiary alicyclic amines) is 1. The lowest BCUT2D eigenvalue weighted by molar-refractivity contribution is 0.0355. The van der Waals surface area contributed by atoms with E-state index in [4.69, 9.17) is 0 Å². The Hall–Kier alpha value is -0.820. The Morgan fingerprint density at radius 2 is 2.11 bits per heavy atom. The normalized spacial score (nSPS) is 35.3. The summed E-state index contributed by atoms with van der Waals surface area (Å²) in [5.41, 5.74) is 3.74. The summed E-state index contributed by atoms with van der Waals surface area (Å²) in [6.07, 6.45) is 5.25. The summed E-state index contributed by atoms with van der Waals surface area (Å²) in [6.45, 7) is 6.10. The predicted octanol–water partition coefficient (Wildman–Crippen LogP) is 3.62. The molecule has 1 heterocycles. The fourth-order valence-corrected chi connectivity index (χ4v) is 4.57. The molecule has 98 valence electrons. The number of fused-ring (bicyclic) bond motifs is 4. The van der Waals surface area contributed by atoms with E-state index in [0.29, 0.717) is 5.41 Å². The van der Waals surface area contributed by atoms with Crippen LogP contribution >= 0.6 is 0 Å². The number of rotatable bonds is 2. The van der Waals surface area contributed by atoms with Gasteiger partial charge in [-0.3, -0.25) is 0 Å². The zero-order valence-corrected chi connectivity index (χ0v) is 11.9. The highest BCUT2D eigenvalue weighted by molar-refractivity contribution is 5.40. The average Bonchev–Trinajstić information content (AvgIpc) is 2.38. The summed E-state index contributed by atoms with van der Waals surface area (Å²) in [5, 5.41) is 0. The van der Waals surface area contributed by atoms with Gasteiger partial charge in [0.2, 0.25) is 0 Å². The molecule has 1 aromatic carbocycles. The zero-order chi connectivity index (χ0) is 12.8. The van der Waals surface area contributed by atoms with E-state index in [9.17, 15) is 0 Å². The largest absolute Gasteiger partial charge is 0.303 e. The van der Waals surface area contributed by atoms with Crippen molar-refractivity contribution < 1.29 is 0 Å². The van der Waals surface area contributed by atoms with Crippen molar-refractivity contribution in [3.05, 3.63) is 35.4 Å². The molecule has 1 heteroatoms. The number of piperidine rings is 1. The second-order valence-electron chi connectivity index (χ2n) is 6.35. The second-order valence-corrected chi connectivity index (χ2v) is 6.35. The van der Waals surface area contributed by atoms with Gasteiger partial charge in [0.25, 0.3) is 0 Å². The van der Waals surface area contributed by atoms with Crippen LogP contribution in [-0.2, 0) is 11.8 Å². The number of benzene rings is 1. The van der Waals surface area contributed by atoms with E-state index >= 15 is 0 Å². The summed E-state index contributed by atoms with van der Waals surface area (Å²) >= 11 is 0. The van der Waals surface area contributed by atoms with Crippen LogP contribution in [0.1, 0.15) is 44.2 Å². The molecule has 1 nitrogen and oxygen atoms in total. The van der Waals surface area contributed by atoms with Crippen molar-refractivity contribution in [2.75, 3.05) is 13.6 Å². The Morgan fingerprint density at radius 1 is 1.33 bits per heavy atom. The van der Waals surface area contributed by atoms with Crippen LogP contribution in [0.4, 0.5) is 0 Å². The Bertz CT molecular complexity index is 439. The van der Waals surface area contributed by atoms with E-state index < -0.39 is 0 Å². The lowest BCUT2D eigenvalue weighted by atomic mass is 9.56. The van der Waals surface area contributed by atoms with Crippen molar-refractivity contribution in [2.24, 2.45) is 5.92 Å². The topological polar surface area (TPSA) is 3.24 Å².